The molecule has 0 spiro atoms. The summed E-state index contributed by atoms with van der Waals surface area (Å²) in [5.74, 6) is 3.30. The number of aromatic nitrogens is 5. The minimum Gasteiger partial charge on any atom is -0.457 e. The smallest absolute Gasteiger partial charge is 0.234 e. The Bertz CT molecular complexity index is 2690. The molecule has 4 heterocycles. The Balaban J connectivity index is 1.07. The molecule has 4 aromatic heterocycles. The van der Waals surface area contributed by atoms with Gasteiger partial charge in [-0.25, -0.2) is 9.97 Å². The number of benzene rings is 6. The van der Waals surface area contributed by atoms with Gasteiger partial charge in [-0.15, -0.1) is 0 Å². The summed E-state index contributed by atoms with van der Waals surface area (Å²) in [6, 6.07) is 59.1. The molecule has 0 radical (unpaired) electrons. The molecule has 6 aromatic carbocycles. The average Bonchev–Trinajstić information content (AvgIpc) is 3.60. The monoisotopic (exact) mass is 735 g/mol. The predicted molar refractivity (Wildman–Crippen MR) is 227 cm³/mol. The summed E-state index contributed by atoms with van der Waals surface area (Å²) in [5, 5.41) is 2.07. The fourth-order valence-electron chi connectivity index (χ4n) is 7.27. The Labute approximate surface area is 329 Å². The van der Waals surface area contributed by atoms with E-state index in [1.807, 2.05) is 115 Å². The van der Waals surface area contributed by atoms with Crippen molar-refractivity contribution in [3.8, 4) is 73.7 Å². The zero-order chi connectivity index (χ0) is 38.0. The number of rotatable bonds is 9. The molecule has 0 atom stereocenters. The van der Waals surface area contributed by atoms with Gasteiger partial charge in [0.05, 0.1) is 22.4 Å². The van der Waals surface area contributed by atoms with E-state index in [2.05, 4.69) is 85.2 Å². The molecule has 270 valence electrons. The van der Waals surface area contributed by atoms with E-state index in [1.165, 1.54) is 0 Å². The zero-order valence-corrected chi connectivity index (χ0v) is 30.6. The molecule has 0 aliphatic carbocycles. The van der Waals surface area contributed by atoms with Crippen molar-refractivity contribution in [3.05, 3.63) is 201 Å². The molecule has 7 heteroatoms. The average molecular weight is 736 g/mol. The van der Waals surface area contributed by atoms with Crippen LogP contribution in [0.1, 0.15) is 0 Å². The van der Waals surface area contributed by atoms with E-state index in [4.69, 9.17) is 9.47 Å². The summed E-state index contributed by atoms with van der Waals surface area (Å²) in [5.41, 5.74) is 9.74. The standard InChI is InChI=1S/C50H33N5O2/c1-3-12-34(13-4-1)36-26-38(46-16-7-9-22-51-46)30-42(28-36)56-40-18-20-44-45-21-19-41(33-49(45)55(48(44)32-40)50-53-24-11-25-54-50)57-43-29-37(35-14-5-2-6-15-35)27-39(31-43)47-17-8-10-23-52-47/h1-33H. The summed E-state index contributed by atoms with van der Waals surface area (Å²) in [4.78, 5) is 18.6. The molecule has 7 nitrogen and oxygen atoms in total. The minimum atomic E-state index is 0.541. The summed E-state index contributed by atoms with van der Waals surface area (Å²) < 4.78 is 15.4. The van der Waals surface area contributed by atoms with E-state index in [1.54, 1.807) is 24.8 Å². The van der Waals surface area contributed by atoms with Crippen LogP contribution in [0.15, 0.2) is 201 Å². The van der Waals surface area contributed by atoms with E-state index in [0.717, 1.165) is 66.6 Å². The number of pyridine rings is 2. The number of nitrogens with zero attached hydrogens (tertiary/aromatic N) is 5. The largest absolute Gasteiger partial charge is 0.457 e. The molecule has 0 aliphatic rings. The third-order valence-electron chi connectivity index (χ3n) is 9.88. The molecule has 0 N–H and O–H groups in total. The van der Waals surface area contributed by atoms with Crippen molar-refractivity contribution in [3.63, 3.8) is 0 Å². The van der Waals surface area contributed by atoms with Gasteiger partial charge in [-0.2, -0.15) is 0 Å². The lowest BCUT2D eigenvalue weighted by Gasteiger charge is -2.13. The van der Waals surface area contributed by atoms with Crippen molar-refractivity contribution in [2.45, 2.75) is 0 Å². The molecule has 10 rings (SSSR count). The van der Waals surface area contributed by atoms with Crippen LogP contribution in [0.25, 0.3) is 72.5 Å². The van der Waals surface area contributed by atoms with Crippen LogP contribution in [0, 0.1) is 0 Å². The highest BCUT2D eigenvalue weighted by Gasteiger charge is 2.18. The minimum absolute atomic E-state index is 0.541. The Morgan fingerprint density at radius 3 is 1.21 bits per heavy atom. The second-order valence-corrected chi connectivity index (χ2v) is 13.6. The van der Waals surface area contributed by atoms with Gasteiger partial charge in [0.2, 0.25) is 5.95 Å². The highest BCUT2D eigenvalue weighted by Crippen LogP contribution is 2.39. The van der Waals surface area contributed by atoms with Crippen molar-refractivity contribution in [2.24, 2.45) is 0 Å². The lowest BCUT2D eigenvalue weighted by atomic mass is 10.0. The van der Waals surface area contributed by atoms with Gasteiger partial charge in [0.25, 0.3) is 0 Å². The van der Waals surface area contributed by atoms with Gasteiger partial charge >= 0.3 is 0 Å². The summed E-state index contributed by atoms with van der Waals surface area (Å²) >= 11 is 0. The summed E-state index contributed by atoms with van der Waals surface area (Å²) in [7, 11) is 0. The fourth-order valence-corrected chi connectivity index (χ4v) is 7.27. The Kier molecular flexibility index (Phi) is 8.70. The SMILES string of the molecule is c1ccc(-c2cc(Oc3ccc4c5ccc(Oc6cc(-c7ccccc7)cc(-c7ccccn7)c6)cc5n(-c5ncccn5)c4c3)cc(-c3ccccn3)c2)cc1. The van der Waals surface area contributed by atoms with Gasteiger partial charge in [-0.3, -0.25) is 14.5 Å². The van der Waals surface area contributed by atoms with Gasteiger partial charge in [0, 0.05) is 58.8 Å². The third-order valence-corrected chi connectivity index (χ3v) is 9.88. The molecular formula is C50H33N5O2. The van der Waals surface area contributed by atoms with Gasteiger partial charge in [-0.1, -0.05) is 72.8 Å². The maximum Gasteiger partial charge on any atom is 0.234 e. The Morgan fingerprint density at radius 1 is 0.316 bits per heavy atom. The van der Waals surface area contributed by atoms with Crippen LogP contribution in [0.2, 0.25) is 0 Å². The molecule has 0 aliphatic heterocycles. The van der Waals surface area contributed by atoms with Gasteiger partial charge in [0.15, 0.2) is 0 Å². The topological polar surface area (TPSA) is 75.0 Å². The molecule has 0 amide bonds. The Morgan fingerprint density at radius 2 is 0.754 bits per heavy atom. The molecule has 10 aromatic rings. The highest BCUT2D eigenvalue weighted by molar-refractivity contribution is 6.09. The van der Waals surface area contributed by atoms with Crippen LogP contribution in [0.3, 0.4) is 0 Å². The Hall–Kier alpha value is -7.90. The molecule has 0 saturated carbocycles. The highest BCUT2D eigenvalue weighted by atomic mass is 16.5. The normalized spacial score (nSPS) is 11.2. The predicted octanol–water partition coefficient (Wildman–Crippen LogP) is 12.6. The third kappa shape index (κ3) is 6.86. The number of ether oxygens (including phenoxy) is 2. The number of hydrogen-bond donors (Lipinski definition) is 0. The van der Waals surface area contributed by atoms with Crippen LogP contribution in [-0.2, 0) is 0 Å². The van der Waals surface area contributed by atoms with Crippen molar-refractivity contribution in [2.75, 3.05) is 0 Å². The van der Waals surface area contributed by atoms with Gasteiger partial charge < -0.3 is 9.47 Å². The molecule has 57 heavy (non-hydrogen) atoms. The second-order valence-electron chi connectivity index (χ2n) is 13.6. The number of fused-ring (bicyclic) bond motifs is 3. The van der Waals surface area contributed by atoms with Crippen LogP contribution >= 0.6 is 0 Å². The molecule has 0 fully saturated rings. The van der Waals surface area contributed by atoms with Crippen LogP contribution in [0.4, 0.5) is 0 Å². The van der Waals surface area contributed by atoms with E-state index in [-0.39, 0.29) is 0 Å². The first-order chi connectivity index (χ1) is 28.2. The van der Waals surface area contributed by atoms with Crippen molar-refractivity contribution >= 4 is 21.8 Å². The first kappa shape index (κ1) is 33.7. The first-order valence-electron chi connectivity index (χ1n) is 18.7. The first-order valence-corrected chi connectivity index (χ1v) is 18.7. The van der Waals surface area contributed by atoms with Crippen molar-refractivity contribution < 1.29 is 9.47 Å². The van der Waals surface area contributed by atoms with Crippen LogP contribution in [0.5, 0.6) is 23.0 Å². The van der Waals surface area contributed by atoms with Gasteiger partial charge in [0.1, 0.15) is 23.0 Å². The van der Waals surface area contributed by atoms with E-state index in [9.17, 15) is 0 Å². The van der Waals surface area contributed by atoms with Crippen molar-refractivity contribution in [1.82, 2.24) is 24.5 Å². The van der Waals surface area contributed by atoms with Crippen molar-refractivity contribution in [1.29, 1.82) is 0 Å². The quantitative estimate of drug-likeness (QED) is 0.147. The second kappa shape index (κ2) is 14.7. The number of hydrogen-bond acceptors (Lipinski definition) is 6. The summed E-state index contributed by atoms with van der Waals surface area (Å²) in [6.45, 7) is 0. The van der Waals surface area contributed by atoms with Crippen LogP contribution < -0.4 is 9.47 Å². The van der Waals surface area contributed by atoms with Gasteiger partial charge in [-0.05, 0) is 113 Å². The van der Waals surface area contributed by atoms with Crippen LogP contribution in [-0.4, -0.2) is 24.5 Å². The zero-order valence-electron chi connectivity index (χ0n) is 30.6. The maximum atomic E-state index is 6.68. The van der Waals surface area contributed by atoms with E-state index < -0.39 is 0 Å². The fraction of sp³-hybridized carbons (Fsp3) is 0. The lowest BCUT2D eigenvalue weighted by molar-refractivity contribution is 0.483. The molecule has 0 unspecified atom stereocenters. The summed E-state index contributed by atoms with van der Waals surface area (Å²) in [6.07, 6.45) is 7.12. The molecule has 0 saturated heterocycles. The van der Waals surface area contributed by atoms with E-state index in [0.29, 0.717) is 28.9 Å². The molecule has 0 bridgehead atoms. The molecular weight excluding hydrogens is 703 g/mol. The van der Waals surface area contributed by atoms with E-state index >= 15 is 0 Å². The maximum absolute atomic E-state index is 6.68. The lowest BCUT2D eigenvalue weighted by Crippen LogP contribution is -2.00.